The van der Waals surface area contributed by atoms with Gasteiger partial charge in [0.25, 0.3) is 0 Å². The van der Waals surface area contributed by atoms with E-state index in [1.54, 1.807) is 26.5 Å². The Morgan fingerprint density at radius 1 is 0.647 bits per heavy atom. The zero-order valence-corrected chi connectivity index (χ0v) is 21.3. The standard InChI is InChI=1S/C19H33N5O9.Gd/c1-14(19(33)20-10-15(25)26)24-8-6-22(12-17(29)30)4-2-21(11-16(27)28)3-5-23(7-9-24)13-18(31)32;/h14H,2-13H2,1H3,(H,20,33)(H,25,26)(H,27,28)(H,29,30)(H,31,32);. The van der Waals surface area contributed by atoms with Crippen LogP contribution in [0.15, 0.2) is 0 Å². The summed E-state index contributed by atoms with van der Waals surface area (Å²) in [6.45, 7) is 2.44. The van der Waals surface area contributed by atoms with E-state index in [2.05, 4.69) is 5.32 Å². The minimum atomic E-state index is -1.18. The smallest absolute Gasteiger partial charge is 0.322 e. The molecule has 1 atom stereocenters. The predicted molar refractivity (Wildman–Crippen MR) is 114 cm³/mol. The molecular weight excluding hydrogens is 599 g/mol. The summed E-state index contributed by atoms with van der Waals surface area (Å²) in [5, 5.41) is 38.7. The molecule has 1 rings (SSSR count). The van der Waals surface area contributed by atoms with Crippen LogP contribution in [0.4, 0.5) is 0 Å². The number of nitrogens with zero attached hydrogens (tertiary/aromatic N) is 4. The van der Waals surface area contributed by atoms with Crippen LogP contribution in [0.25, 0.3) is 0 Å². The predicted octanol–water partition coefficient (Wildman–Crippen LogP) is -2.95. The first-order valence-electron chi connectivity index (χ1n) is 10.5. The van der Waals surface area contributed by atoms with Gasteiger partial charge in [-0.1, -0.05) is 0 Å². The Kier molecular flexibility index (Phi) is 16.3. The van der Waals surface area contributed by atoms with Crippen molar-refractivity contribution in [2.45, 2.75) is 13.0 Å². The maximum absolute atomic E-state index is 12.4. The van der Waals surface area contributed by atoms with Gasteiger partial charge in [0.05, 0.1) is 25.7 Å². The molecule has 1 amide bonds. The van der Waals surface area contributed by atoms with Crippen molar-refractivity contribution in [1.29, 1.82) is 0 Å². The fourth-order valence-electron chi connectivity index (χ4n) is 3.46. The Labute approximate surface area is 229 Å². The number of carboxylic acid groups (broad SMARTS) is 4. The van der Waals surface area contributed by atoms with Crippen molar-refractivity contribution in [3.8, 4) is 0 Å². The van der Waals surface area contributed by atoms with Gasteiger partial charge in [-0.2, -0.15) is 0 Å². The number of nitrogens with one attached hydrogen (secondary N) is 1. The molecule has 0 bridgehead atoms. The molecule has 1 fully saturated rings. The fourth-order valence-corrected chi connectivity index (χ4v) is 3.46. The molecule has 0 radical (unpaired) electrons. The topological polar surface area (TPSA) is 191 Å². The summed E-state index contributed by atoms with van der Waals surface area (Å²) >= 11 is 0. The number of carbonyl (C=O) groups excluding carboxylic acids is 1. The summed E-state index contributed by atoms with van der Waals surface area (Å²) in [5.41, 5.74) is 0. The summed E-state index contributed by atoms with van der Waals surface area (Å²) < 4.78 is 0. The van der Waals surface area contributed by atoms with Gasteiger partial charge in [-0.15, -0.1) is 0 Å². The minimum absolute atomic E-state index is 0. The van der Waals surface area contributed by atoms with Crippen molar-refractivity contribution in [3.63, 3.8) is 0 Å². The molecule has 196 valence electrons. The quantitative estimate of drug-likeness (QED) is 0.164. The molecule has 5 N–H and O–H groups in total. The van der Waals surface area contributed by atoms with Crippen LogP contribution in [0.3, 0.4) is 0 Å². The average Bonchev–Trinajstić information content (AvgIpc) is 2.70. The SMILES string of the molecule is CC(C(=O)NCC(=O)O)N1CCN(CC(=O)O)CCN(CC(=O)O)CCN(CC(=O)O)CC1.[Gd]. The van der Waals surface area contributed by atoms with Crippen molar-refractivity contribution in [2.24, 2.45) is 0 Å². The fraction of sp³-hybridized carbons (Fsp3) is 0.737. The van der Waals surface area contributed by atoms with Gasteiger partial charge in [-0.3, -0.25) is 43.6 Å². The van der Waals surface area contributed by atoms with E-state index in [4.69, 9.17) is 10.2 Å². The van der Waals surface area contributed by atoms with Crippen molar-refractivity contribution < 1.29 is 84.3 Å². The summed E-state index contributed by atoms with van der Waals surface area (Å²) in [5.74, 6) is -4.82. The Balaban J connectivity index is 0.0000109. The van der Waals surface area contributed by atoms with E-state index in [0.29, 0.717) is 0 Å². The molecule has 0 aromatic heterocycles. The normalized spacial score (nSPS) is 18.5. The molecule has 1 saturated heterocycles. The van der Waals surface area contributed by atoms with Gasteiger partial charge in [0.1, 0.15) is 6.54 Å². The Hall–Kier alpha value is -1.49. The molecule has 14 nitrogen and oxygen atoms in total. The van der Waals surface area contributed by atoms with E-state index >= 15 is 0 Å². The third kappa shape index (κ3) is 14.0. The molecule has 1 aliphatic heterocycles. The van der Waals surface area contributed by atoms with Crippen LogP contribution in [0.2, 0.25) is 0 Å². The van der Waals surface area contributed by atoms with Crippen LogP contribution in [0, 0.1) is 39.9 Å². The van der Waals surface area contributed by atoms with Crippen molar-refractivity contribution in [3.05, 3.63) is 0 Å². The summed E-state index contributed by atoms with van der Waals surface area (Å²) in [4.78, 5) is 63.6. The molecule has 0 spiro atoms. The van der Waals surface area contributed by atoms with Crippen molar-refractivity contribution in [1.82, 2.24) is 24.9 Å². The average molecular weight is 633 g/mol. The van der Waals surface area contributed by atoms with E-state index in [1.165, 1.54) is 0 Å². The minimum Gasteiger partial charge on any atom is -0.480 e. The van der Waals surface area contributed by atoms with Crippen molar-refractivity contribution >= 4 is 29.8 Å². The van der Waals surface area contributed by atoms with E-state index in [0.717, 1.165) is 0 Å². The number of amides is 1. The second-order valence-corrected chi connectivity index (χ2v) is 7.83. The number of rotatable bonds is 10. The Morgan fingerprint density at radius 3 is 1.26 bits per heavy atom. The molecule has 34 heavy (non-hydrogen) atoms. The first-order chi connectivity index (χ1) is 15.5. The zero-order chi connectivity index (χ0) is 25.0. The van der Waals surface area contributed by atoms with Gasteiger partial charge in [-0.25, -0.2) is 0 Å². The van der Waals surface area contributed by atoms with E-state index in [1.807, 2.05) is 0 Å². The van der Waals surface area contributed by atoms with Crippen LogP contribution < -0.4 is 5.32 Å². The molecule has 0 saturated carbocycles. The van der Waals surface area contributed by atoms with Crippen LogP contribution >= 0.6 is 0 Å². The monoisotopic (exact) mass is 633 g/mol. The van der Waals surface area contributed by atoms with Gasteiger partial charge in [-0.05, 0) is 6.92 Å². The second-order valence-electron chi connectivity index (χ2n) is 7.83. The van der Waals surface area contributed by atoms with E-state index in [9.17, 15) is 34.2 Å². The number of aliphatic carboxylic acids is 4. The van der Waals surface area contributed by atoms with Gasteiger partial charge in [0.2, 0.25) is 5.91 Å². The number of hydrogen-bond acceptors (Lipinski definition) is 9. The largest absolute Gasteiger partial charge is 0.480 e. The van der Waals surface area contributed by atoms with Crippen LogP contribution in [-0.2, 0) is 24.0 Å². The van der Waals surface area contributed by atoms with E-state index < -0.39 is 42.4 Å². The summed E-state index contributed by atoms with van der Waals surface area (Å²) in [6, 6.07) is -0.728. The number of hydrogen-bond donors (Lipinski definition) is 5. The molecule has 0 aromatic rings. The first kappa shape index (κ1) is 32.5. The summed E-state index contributed by atoms with van der Waals surface area (Å²) in [6.07, 6.45) is 0. The first-order valence-corrected chi connectivity index (χ1v) is 10.5. The third-order valence-electron chi connectivity index (χ3n) is 5.29. The van der Waals surface area contributed by atoms with E-state index in [-0.39, 0.29) is 112 Å². The number of carboxylic acids is 4. The van der Waals surface area contributed by atoms with Gasteiger partial charge in [0.15, 0.2) is 0 Å². The summed E-state index contributed by atoms with van der Waals surface area (Å²) in [7, 11) is 0. The molecule has 1 heterocycles. The number of carbonyl (C=O) groups is 5. The van der Waals surface area contributed by atoms with Gasteiger partial charge < -0.3 is 25.7 Å². The third-order valence-corrected chi connectivity index (χ3v) is 5.29. The van der Waals surface area contributed by atoms with Crippen LogP contribution in [0.1, 0.15) is 6.92 Å². The molecule has 1 unspecified atom stereocenters. The van der Waals surface area contributed by atoms with Crippen LogP contribution in [-0.4, -0.2) is 154 Å². The maximum atomic E-state index is 12.4. The van der Waals surface area contributed by atoms with Gasteiger partial charge in [0, 0.05) is 92.3 Å². The van der Waals surface area contributed by atoms with Crippen LogP contribution in [0.5, 0.6) is 0 Å². The Bertz CT molecular complexity index is 680. The molecule has 1 aliphatic rings. The van der Waals surface area contributed by atoms with Gasteiger partial charge >= 0.3 is 23.9 Å². The molecule has 0 aliphatic carbocycles. The second kappa shape index (κ2) is 17.0. The maximum Gasteiger partial charge on any atom is 0.322 e. The Morgan fingerprint density at radius 2 is 0.971 bits per heavy atom. The van der Waals surface area contributed by atoms with Crippen molar-refractivity contribution in [2.75, 3.05) is 78.5 Å². The zero-order valence-electron chi connectivity index (χ0n) is 19.0. The molecular formula is C19H33GdN5O9. The molecule has 15 heteroatoms. The molecule has 0 aromatic carbocycles.